The van der Waals surface area contributed by atoms with Gasteiger partial charge in [0.25, 0.3) is 0 Å². The maximum Gasteiger partial charge on any atom is 0.330 e. The number of aliphatic hydroxyl groups is 2. The lowest BCUT2D eigenvalue weighted by Gasteiger charge is -2.65. The number of fused-ring (bicyclic) bond motifs is 5. The second-order valence-electron chi connectivity index (χ2n) is 15.3. The quantitative estimate of drug-likeness (QED) is 0.186. The Morgan fingerprint density at radius 1 is 0.953 bits per heavy atom. The zero-order valence-electron chi connectivity index (χ0n) is 27.4. The van der Waals surface area contributed by atoms with Crippen molar-refractivity contribution in [3.63, 3.8) is 0 Å². The first-order valence-corrected chi connectivity index (χ1v) is 16.9. The molecule has 11 atom stereocenters. The normalized spacial score (nSPS) is 40.0. The molecule has 4 rings (SSSR count). The van der Waals surface area contributed by atoms with Crippen LogP contribution < -0.4 is 0 Å². The molecule has 244 valence electrons. The first-order chi connectivity index (χ1) is 20.3. The molecule has 0 saturated heterocycles. The second kappa shape index (κ2) is 13.7. The van der Waals surface area contributed by atoms with Crippen LogP contribution in [0.2, 0.25) is 0 Å². The fourth-order valence-electron chi connectivity index (χ4n) is 10.2. The molecule has 4 aliphatic rings. The van der Waals surface area contributed by atoms with E-state index in [4.69, 9.17) is 14.2 Å². The molecule has 0 aromatic carbocycles. The van der Waals surface area contributed by atoms with E-state index < -0.39 is 35.2 Å². The molecule has 4 fully saturated rings. The van der Waals surface area contributed by atoms with Gasteiger partial charge in [-0.3, -0.25) is 0 Å². The number of rotatable bonds is 13. The lowest BCUT2D eigenvalue weighted by molar-refractivity contribution is -0.273. The molecule has 2 unspecified atom stereocenters. The van der Waals surface area contributed by atoms with Gasteiger partial charge in [-0.05, 0) is 85.9 Å². The zero-order valence-corrected chi connectivity index (χ0v) is 27.4. The summed E-state index contributed by atoms with van der Waals surface area (Å²) in [5.74, 6) is 2.41. The van der Waals surface area contributed by atoms with Crippen LogP contribution in [0.1, 0.15) is 105 Å². The van der Waals surface area contributed by atoms with Crippen molar-refractivity contribution in [1.82, 2.24) is 0 Å². The Bertz CT molecular complexity index is 1010. The molecule has 0 radical (unpaired) electrons. The Hall–Kier alpha value is -1.70. The minimum atomic E-state index is -1.24. The fourth-order valence-corrected chi connectivity index (χ4v) is 10.2. The van der Waals surface area contributed by atoms with Gasteiger partial charge >= 0.3 is 11.9 Å². The number of aliphatic hydroxyl groups excluding tert-OH is 1. The number of esters is 2. The zero-order chi connectivity index (χ0) is 31.6. The third-order valence-electron chi connectivity index (χ3n) is 12.5. The molecule has 0 bridgehead atoms. The lowest BCUT2D eigenvalue weighted by atomic mass is 9.42. The van der Waals surface area contributed by atoms with Crippen LogP contribution in [-0.2, 0) is 23.8 Å². The van der Waals surface area contributed by atoms with Crippen LogP contribution in [0.25, 0.3) is 0 Å². The van der Waals surface area contributed by atoms with Gasteiger partial charge in [-0.25, -0.2) is 9.59 Å². The molecular formula is C36H58O7. The molecule has 0 aromatic rings. The average molecular weight is 603 g/mol. The highest BCUT2D eigenvalue weighted by molar-refractivity contribution is 5.81. The number of hydrogen-bond donors (Lipinski definition) is 2. The summed E-state index contributed by atoms with van der Waals surface area (Å²) in [7, 11) is 0. The monoisotopic (exact) mass is 602 g/mol. The van der Waals surface area contributed by atoms with Gasteiger partial charge in [-0.1, -0.05) is 67.0 Å². The van der Waals surface area contributed by atoms with Crippen LogP contribution in [0.3, 0.4) is 0 Å². The Balaban J connectivity index is 1.51. The molecule has 0 amide bonds. The fraction of sp³-hybridized carbons (Fsp3) is 0.833. The minimum absolute atomic E-state index is 0.0117. The van der Waals surface area contributed by atoms with E-state index in [1.54, 1.807) is 0 Å². The topological polar surface area (TPSA) is 102 Å². The van der Waals surface area contributed by atoms with Crippen molar-refractivity contribution in [2.75, 3.05) is 13.2 Å². The van der Waals surface area contributed by atoms with E-state index in [2.05, 4.69) is 47.8 Å². The van der Waals surface area contributed by atoms with Crippen LogP contribution in [0.4, 0.5) is 0 Å². The van der Waals surface area contributed by atoms with Crippen LogP contribution in [0.5, 0.6) is 0 Å². The lowest BCUT2D eigenvalue weighted by Crippen LogP contribution is -2.69. The molecule has 7 heteroatoms. The predicted octanol–water partition coefficient (Wildman–Crippen LogP) is 6.41. The van der Waals surface area contributed by atoms with Gasteiger partial charge in [0.1, 0.15) is 24.4 Å². The standard InChI is InChI=1S/C36H58O7/c1-8-32(38)42-22-25(37)21-41-26-15-18-35(7)30-16-17-34(6)28(24(5)12-10-11-23(3)4)13-14-29(34)27(30)19-31(36(35,40)20-26)43-33(39)9-2/h8-9,23-31,37,40H,1-2,10-22H2,3-7H3/t24-,25?,26+,27+,28-,29+,30+,31+,34-,35?,36+/m1/s1. The molecular weight excluding hydrogens is 544 g/mol. The van der Waals surface area contributed by atoms with Gasteiger partial charge in [0, 0.05) is 24.0 Å². The summed E-state index contributed by atoms with van der Waals surface area (Å²) in [5, 5.41) is 22.9. The van der Waals surface area contributed by atoms with Gasteiger partial charge in [-0.2, -0.15) is 0 Å². The van der Waals surface area contributed by atoms with Crippen molar-refractivity contribution in [3.05, 3.63) is 25.3 Å². The number of hydrogen-bond acceptors (Lipinski definition) is 7. The summed E-state index contributed by atoms with van der Waals surface area (Å²) in [6.07, 6.45) is 11.5. The van der Waals surface area contributed by atoms with Crippen molar-refractivity contribution in [2.45, 2.75) is 129 Å². The molecule has 4 aliphatic carbocycles. The average Bonchev–Trinajstić information content (AvgIpc) is 3.32. The van der Waals surface area contributed by atoms with E-state index in [0.717, 1.165) is 37.2 Å². The molecule has 4 saturated carbocycles. The van der Waals surface area contributed by atoms with Gasteiger partial charge in [0.15, 0.2) is 0 Å². The highest BCUT2D eigenvalue weighted by atomic mass is 16.6. The van der Waals surface area contributed by atoms with Crippen molar-refractivity contribution < 1.29 is 34.0 Å². The summed E-state index contributed by atoms with van der Waals surface area (Å²) >= 11 is 0. The largest absolute Gasteiger partial charge is 0.460 e. The second-order valence-corrected chi connectivity index (χ2v) is 15.3. The molecule has 43 heavy (non-hydrogen) atoms. The van der Waals surface area contributed by atoms with Gasteiger partial charge in [0.2, 0.25) is 0 Å². The molecule has 0 spiro atoms. The molecule has 0 aromatic heterocycles. The summed E-state index contributed by atoms with van der Waals surface area (Å²) < 4.78 is 17.0. The van der Waals surface area contributed by atoms with Gasteiger partial charge in [0.05, 0.1) is 12.7 Å². The smallest absolute Gasteiger partial charge is 0.330 e. The van der Waals surface area contributed by atoms with Crippen LogP contribution in [0.15, 0.2) is 25.3 Å². The predicted molar refractivity (Wildman–Crippen MR) is 167 cm³/mol. The SMILES string of the molecule is C=CC(=O)OCC(O)CO[C@H]1CCC2(C)[C@H]3CC[C@]4(C)[C@@H]([C@H](C)CCCC(C)C)CC[C@H]4[C@@H]3C[C@H](OC(=O)C=C)[C@@]2(O)C1. The Morgan fingerprint density at radius 3 is 2.35 bits per heavy atom. The number of carbonyl (C=O) groups is 2. The first-order valence-electron chi connectivity index (χ1n) is 16.9. The maximum atomic E-state index is 12.6. The van der Waals surface area contributed by atoms with Crippen molar-refractivity contribution >= 4 is 11.9 Å². The molecule has 0 heterocycles. The maximum absolute atomic E-state index is 12.6. The van der Waals surface area contributed by atoms with Crippen molar-refractivity contribution in [2.24, 2.45) is 46.3 Å². The molecule has 7 nitrogen and oxygen atoms in total. The molecule has 2 N–H and O–H groups in total. The summed E-state index contributed by atoms with van der Waals surface area (Å²) in [6, 6.07) is 0. The van der Waals surface area contributed by atoms with Crippen LogP contribution >= 0.6 is 0 Å². The minimum Gasteiger partial charge on any atom is -0.460 e. The van der Waals surface area contributed by atoms with Crippen LogP contribution in [-0.4, -0.2) is 59.3 Å². The van der Waals surface area contributed by atoms with E-state index in [9.17, 15) is 19.8 Å². The van der Waals surface area contributed by atoms with E-state index in [1.165, 1.54) is 44.6 Å². The number of ether oxygens (including phenoxy) is 3. The third kappa shape index (κ3) is 6.79. The summed E-state index contributed by atoms with van der Waals surface area (Å²) in [5.41, 5.74) is -1.38. The van der Waals surface area contributed by atoms with Gasteiger partial charge in [-0.15, -0.1) is 0 Å². The Morgan fingerprint density at radius 2 is 1.67 bits per heavy atom. The van der Waals surface area contributed by atoms with E-state index >= 15 is 0 Å². The molecule has 0 aliphatic heterocycles. The highest BCUT2D eigenvalue weighted by Gasteiger charge is 2.68. The Kier molecular flexibility index (Phi) is 10.9. The third-order valence-corrected chi connectivity index (χ3v) is 12.5. The van der Waals surface area contributed by atoms with Crippen LogP contribution in [0, 0.1) is 46.3 Å². The Labute approximate surface area is 259 Å². The van der Waals surface area contributed by atoms with E-state index in [-0.39, 0.29) is 24.7 Å². The summed E-state index contributed by atoms with van der Waals surface area (Å²) in [4.78, 5) is 24.0. The highest BCUT2D eigenvalue weighted by Crippen LogP contribution is 2.69. The van der Waals surface area contributed by atoms with Crippen molar-refractivity contribution in [3.8, 4) is 0 Å². The number of carbonyl (C=O) groups excluding carboxylic acids is 2. The summed E-state index contributed by atoms with van der Waals surface area (Å²) in [6.45, 7) is 18.7. The van der Waals surface area contributed by atoms with Crippen molar-refractivity contribution in [1.29, 1.82) is 0 Å². The van der Waals surface area contributed by atoms with Gasteiger partial charge < -0.3 is 24.4 Å². The van der Waals surface area contributed by atoms with E-state index in [1.807, 2.05) is 0 Å². The first kappa shape index (κ1) is 34.2. The van der Waals surface area contributed by atoms with E-state index in [0.29, 0.717) is 36.5 Å².